The highest BCUT2D eigenvalue weighted by Crippen LogP contribution is 2.75. The summed E-state index contributed by atoms with van der Waals surface area (Å²) in [6.07, 6.45) is 14.2. The van der Waals surface area contributed by atoms with Gasteiger partial charge in [-0.3, -0.25) is 0 Å². The molecule has 0 aromatic heterocycles. The molecular formula is C30H48O2. The lowest BCUT2D eigenvalue weighted by Crippen LogP contribution is -2.65. The zero-order valence-corrected chi connectivity index (χ0v) is 21.8. The fraction of sp³-hybridized carbons (Fsp3) is 0.900. The van der Waals surface area contributed by atoms with Gasteiger partial charge in [0.2, 0.25) is 0 Å². The number of fused-ring (bicyclic) bond motifs is 7. The van der Waals surface area contributed by atoms with E-state index in [4.69, 9.17) is 0 Å². The van der Waals surface area contributed by atoms with E-state index < -0.39 is 0 Å². The van der Waals surface area contributed by atoms with E-state index >= 15 is 0 Å². The maximum Gasteiger partial charge on any atom is 0.126 e. The van der Waals surface area contributed by atoms with Gasteiger partial charge in [0, 0.05) is 5.41 Å². The molecule has 2 heteroatoms. The summed E-state index contributed by atoms with van der Waals surface area (Å²) in [4.78, 5) is 12.6. The molecule has 4 fully saturated rings. The molecule has 0 aromatic carbocycles. The Morgan fingerprint density at radius 2 is 1.62 bits per heavy atom. The standard InChI is InChI=1S/C30H48O2/c1-19-10-15-30(18-31)17-16-28(6)21(25(30)20(19)2)8-9-23-27(5)13-12-24(32)26(3,4)22(27)11-14-29(23,28)7/h8,18-20,22-25,32H,9-17H2,1-7H3/t19?,20?,22-,23+,24?,25-,27-,28+,29+,30+/m0/s1. The van der Waals surface area contributed by atoms with Gasteiger partial charge in [-0.1, -0.05) is 60.1 Å². The second kappa shape index (κ2) is 6.96. The predicted molar refractivity (Wildman–Crippen MR) is 131 cm³/mol. The largest absolute Gasteiger partial charge is 0.393 e. The second-order valence-electron chi connectivity index (χ2n) is 14.4. The van der Waals surface area contributed by atoms with Crippen molar-refractivity contribution >= 4 is 6.29 Å². The van der Waals surface area contributed by atoms with Gasteiger partial charge in [0.25, 0.3) is 0 Å². The van der Waals surface area contributed by atoms with Crippen molar-refractivity contribution in [1.82, 2.24) is 0 Å². The van der Waals surface area contributed by atoms with Crippen molar-refractivity contribution in [1.29, 1.82) is 0 Å². The summed E-state index contributed by atoms with van der Waals surface area (Å²) in [5.74, 6) is 3.01. The Morgan fingerprint density at radius 1 is 0.906 bits per heavy atom. The van der Waals surface area contributed by atoms with Gasteiger partial charge in [0.15, 0.2) is 0 Å². The Labute approximate surface area is 197 Å². The number of carbonyl (C=O) groups excluding carboxylic acids is 1. The molecule has 0 aromatic rings. The number of rotatable bonds is 1. The zero-order chi connectivity index (χ0) is 23.3. The molecule has 180 valence electrons. The molecule has 0 aliphatic heterocycles. The van der Waals surface area contributed by atoms with Crippen molar-refractivity contribution in [2.24, 2.45) is 56.7 Å². The third kappa shape index (κ3) is 2.60. The molecule has 0 radical (unpaired) electrons. The zero-order valence-electron chi connectivity index (χ0n) is 21.8. The van der Waals surface area contributed by atoms with Crippen LogP contribution in [0.2, 0.25) is 0 Å². The van der Waals surface area contributed by atoms with Crippen molar-refractivity contribution in [3.05, 3.63) is 11.6 Å². The Balaban J connectivity index is 1.60. The SMILES string of the molecule is CC1CC[C@]2(C=O)CC[C@]3(C)C(=CC[C@@H]4[C@@]5(C)CCC(O)C(C)(C)[C@@H]5CC[C@]43C)[C@@H]2C1C. The number of carbonyl (C=O) groups is 1. The number of hydrogen-bond acceptors (Lipinski definition) is 2. The minimum absolute atomic E-state index is 0.00573. The summed E-state index contributed by atoms with van der Waals surface area (Å²) >= 11 is 0. The highest BCUT2D eigenvalue weighted by atomic mass is 16.3. The lowest BCUT2D eigenvalue weighted by molar-refractivity contribution is -0.203. The van der Waals surface area contributed by atoms with Gasteiger partial charge in [0.1, 0.15) is 6.29 Å². The summed E-state index contributed by atoms with van der Waals surface area (Å²) in [6, 6.07) is 0. The van der Waals surface area contributed by atoms with Gasteiger partial charge in [-0.25, -0.2) is 0 Å². The lowest BCUT2D eigenvalue weighted by atomic mass is 9.33. The molecule has 3 unspecified atom stereocenters. The van der Waals surface area contributed by atoms with Gasteiger partial charge in [0.05, 0.1) is 6.10 Å². The normalized spacial score (nSPS) is 56.7. The third-order valence-corrected chi connectivity index (χ3v) is 13.3. The highest BCUT2D eigenvalue weighted by molar-refractivity contribution is 5.63. The van der Waals surface area contributed by atoms with E-state index in [1.54, 1.807) is 5.57 Å². The Bertz CT molecular complexity index is 827. The molecule has 4 saturated carbocycles. The summed E-state index contributed by atoms with van der Waals surface area (Å²) in [6.45, 7) is 17.3. The van der Waals surface area contributed by atoms with Crippen LogP contribution in [0.1, 0.15) is 106 Å². The lowest BCUT2D eigenvalue weighted by Gasteiger charge is -2.71. The maximum absolute atomic E-state index is 12.6. The van der Waals surface area contributed by atoms with Crippen LogP contribution in [0, 0.1) is 56.7 Å². The van der Waals surface area contributed by atoms with Gasteiger partial charge in [-0.15, -0.1) is 0 Å². The molecule has 0 amide bonds. The number of aliphatic hydroxyl groups excluding tert-OH is 1. The van der Waals surface area contributed by atoms with Crippen LogP contribution < -0.4 is 0 Å². The van der Waals surface area contributed by atoms with Crippen LogP contribution in [-0.4, -0.2) is 17.5 Å². The van der Waals surface area contributed by atoms with E-state index in [-0.39, 0.29) is 27.8 Å². The quantitative estimate of drug-likeness (QED) is 0.346. The van der Waals surface area contributed by atoms with Crippen LogP contribution in [0.25, 0.3) is 0 Å². The van der Waals surface area contributed by atoms with Gasteiger partial charge < -0.3 is 9.90 Å². The Kier molecular flexibility index (Phi) is 5.03. The summed E-state index contributed by atoms with van der Waals surface area (Å²) in [7, 11) is 0. The molecule has 5 aliphatic carbocycles. The third-order valence-electron chi connectivity index (χ3n) is 13.3. The first-order valence-corrected chi connectivity index (χ1v) is 13.7. The van der Waals surface area contributed by atoms with Crippen LogP contribution in [-0.2, 0) is 4.79 Å². The van der Waals surface area contributed by atoms with Gasteiger partial charge in [-0.05, 0) is 109 Å². The van der Waals surface area contributed by atoms with Crippen molar-refractivity contribution < 1.29 is 9.90 Å². The molecule has 0 saturated heterocycles. The number of aldehydes is 1. The maximum atomic E-state index is 12.6. The first kappa shape index (κ1) is 23.1. The summed E-state index contributed by atoms with van der Waals surface area (Å²) in [5.41, 5.74) is 2.35. The predicted octanol–water partition coefficient (Wildman–Crippen LogP) is 7.20. The molecule has 1 N–H and O–H groups in total. The van der Waals surface area contributed by atoms with E-state index in [1.807, 2.05) is 0 Å². The van der Waals surface area contributed by atoms with E-state index in [0.717, 1.165) is 25.7 Å². The molecule has 5 rings (SSSR count). The van der Waals surface area contributed by atoms with Crippen LogP contribution in [0.5, 0.6) is 0 Å². The molecular weight excluding hydrogens is 392 g/mol. The second-order valence-corrected chi connectivity index (χ2v) is 14.4. The first-order valence-electron chi connectivity index (χ1n) is 13.7. The molecule has 5 aliphatic rings. The molecule has 0 heterocycles. The van der Waals surface area contributed by atoms with Crippen molar-refractivity contribution in [3.8, 4) is 0 Å². The Morgan fingerprint density at radius 3 is 2.31 bits per heavy atom. The molecule has 2 nitrogen and oxygen atoms in total. The monoisotopic (exact) mass is 440 g/mol. The molecule has 10 atom stereocenters. The van der Waals surface area contributed by atoms with Crippen molar-refractivity contribution in [2.45, 2.75) is 112 Å². The fourth-order valence-electron chi connectivity index (χ4n) is 10.7. The van der Waals surface area contributed by atoms with Crippen LogP contribution in [0.4, 0.5) is 0 Å². The summed E-state index contributed by atoms with van der Waals surface area (Å²) in [5, 5.41) is 10.9. The smallest absolute Gasteiger partial charge is 0.126 e. The first-order chi connectivity index (χ1) is 14.9. The Hall–Kier alpha value is -0.630. The molecule has 0 spiro atoms. The number of allylic oxidation sites excluding steroid dienone is 2. The number of hydrogen-bond donors (Lipinski definition) is 1. The number of aliphatic hydroxyl groups is 1. The van der Waals surface area contributed by atoms with E-state index in [2.05, 4.69) is 54.5 Å². The minimum atomic E-state index is -0.164. The minimum Gasteiger partial charge on any atom is -0.393 e. The average molecular weight is 441 g/mol. The van der Waals surface area contributed by atoms with E-state index in [9.17, 15) is 9.90 Å². The van der Waals surface area contributed by atoms with Crippen LogP contribution in [0.3, 0.4) is 0 Å². The highest BCUT2D eigenvalue weighted by Gasteiger charge is 2.68. The average Bonchev–Trinajstić information content (AvgIpc) is 2.74. The summed E-state index contributed by atoms with van der Waals surface area (Å²) < 4.78 is 0. The van der Waals surface area contributed by atoms with Gasteiger partial charge >= 0.3 is 0 Å². The van der Waals surface area contributed by atoms with Crippen LogP contribution >= 0.6 is 0 Å². The van der Waals surface area contributed by atoms with Crippen LogP contribution in [0.15, 0.2) is 11.6 Å². The van der Waals surface area contributed by atoms with E-state index in [1.165, 1.54) is 38.4 Å². The molecule has 32 heavy (non-hydrogen) atoms. The van der Waals surface area contributed by atoms with Crippen molar-refractivity contribution in [2.75, 3.05) is 0 Å². The van der Waals surface area contributed by atoms with Gasteiger partial charge in [-0.2, -0.15) is 0 Å². The van der Waals surface area contributed by atoms with Crippen molar-refractivity contribution in [3.63, 3.8) is 0 Å². The fourth-order valence-corrected chi connectivity index (χ4v) is 10.7. The topological polar surface area (TPSA) is 37.3 Å². The van der Waals surface area contributed by atoms with E-state index in [0.29, 0.717) is 35.0 Å². The molecule has 0 bridgehead atoms.